The number of nitrogens with zero attached hydrogens (tertiary/aromatic N) is 1. The quantitative estimate of drug-likeness (QED) is 0.427. The number of amides is 2. The molecule has 0 aromatic heterocycles. The summed E-state index contributed by atoms with van der Waals surface area (Å²) >= 11 is 0. The molecule has 130 valence electrons. The second kappa shape index (κ2) is 13.4. The second-order valence-electron chi connectivity index (χ2n) is 5.55. The molecular weight excluding hydrogens is 282 g/mol. The van der Waals surface area contributed by atoms with Gasteiger partial charge in [0.05, 0.1) is 7.11 Å². The first-order chi connectivity index (χ1) is 10.5. The molecule has 1 unspecified atom stereocenters. The van der Waals surface area contributed by atoms with Crippen molar-refractivity contribution in [3.63, 3.8) is 0 Å². The fourth-order valence-corrected chi connectivity index (χ4v) is 2.09. The summed E-state index contributed by atoms with van der Waals surface area (Å²) in [5.74, 6) is -0.444. The Bertz CT molecular complexity index is 303. The number of unbranched alkanes of at least 4 members (excludes halogenated alkanes) is 2. The number of carbonyl (C=O) groups is 2. The van der Waals surface area contributed by atoms with Crippen molar-refractivity contribution in [2.45, 2.75) is 58.9 Å². The molecule has 0 rings (SSSR count). The fourth-order valence-electron chi connectivity index (χ4n) is 2.09. The molecule has 0 aliphatic rings. The van der Waals surface area contributed by atoms with E-state index in [9.17, 15) is 9.59 Å². The summed E-state index contributed by atoms with van der Waals surface area (Å²) in [6.45, 7) is 9.85. The van der Waals surface area contributed by atoms with E-state index in [0.717, 1.165) is 26.1 Å². The number of esters is 1. The van der Waals surface area contributed by atoms with E-state index in [-0.39, 0.29) is 6.03 Å². The van der Waals surface area contributed by atoms with E-state index in [1.807, 2.05) is 0 Å². The first-order valence-corrected chi connectivity index (χ1v) is 8.39. The van der Waals surface area contributed by atoms with Gasteiger partial charge in [0.1, 0.15) is 6.04 Å². The minimum Gasteiger partial charge on any atom is -0.467 e. The molecule has 0 aliphatic carbocycles. The van der Waals surface area contributed by atoms with Crippen LogP contribution in [-0.4, -0.2) is 56.2 Å². The van der Waals surface area contributed by atoms with Crippen molar-refractivity contribution in [2.24, 2.45) is 0 Å². The topological polar surface area (TPSA) is 70.7 Å². The number of rotatable bonds is 12. The molecule has 0 saturated heterocycles. The van der Waals surface area contributed by atoms with Gasteiger partial charge in [-0.25, -0.2) is 9.59 Å². The maximum atomic E-state index is 11.6. The van der Waals surface area contributed by atoms with E-state index in [0.29, 0.717) is 6.54 Å². The maximum absolute atomic E-state index is 11.6. The van der Waals surface area contributed by atoms with Gasteiger partial charge in [0.15, 0.2) is 0 Å². The number of urea groups is 1. The highest BCUT2D eigenvalue weighted by atomic mass is 16.5. The Morgan fingerprint density at radius 3 is 2.09 bits per heavy atom. The average Bonchev–Trinajstić information content (AvgIpc) is 2.52. The summed E-state index contributed by atoms with van der Waals surface area (Å²) < 4.78 is 4.56. The van der Waals surface area contributed by atoms with Gasteiger partial charge in [-0.15, -0.1) is 0 Å². The van der Waals surface area contributed by atoms with Crippen LogP contribution in [0, 0.1) is 0 Å². The lowest BCUT2D eigenvalue weighted by Crippen LogP contribution is -2.45. The largest absolute Gasteiger partial charge is 0.467 e. The molecule has 0 fully saturated rings. The Labute approximate surface area is 135 Å². The summed E-state index contributed by atoms with van der Waals surface area (Å²) in [7, 11) is 1.31. The van der Waals surface area contributed by atoms with E-state index in [1.54, 1.807) is 6.92 Å². The smallest absolute Gasteiger partial charge is 0.328 e. The van der Waals surface area contributed by atoms with Crippen molar-refractivity contribution in [1.82, 2.24) is 15.5 Å². The van der Waals surface area contributed by atoms with E-state index in [2.05, 4.69) is 34.1 Å². The third kappa shape index (κ3) is 10.4. The normalized spacial score (nSPS) is 12.0. The van der Waals surface area contributed by atoms with Crippen molar-refractivity contribution in [1.29, 1.82) is 0 Å². The van der Waals surface area contributed by atoms with Gasteiger partial charge < -0.3 is 20.3 Å². The van der Waals surface area contributed by atoms with Gasteiger partial charge in [-0.1, -0.05) is 26.7 Å². The fraction of sp³-hybridized carbons (Fsp3) is 0.875. The molecule has 0 radical (unpaired) electrons. The molecule has 0 spiro atoms. The summed E-state index contributed by atoms with van der Waals surface area (Å²) in [5, 5.41) is 5.32. The summed E-state index contributed by atoms with van der Waals surface area (Å²) in [4.78, 5) is 25.3. The predicted molar refractivity (Wildman–Crippen MR) is 88.9 cm³/mol. The molecule has 0 aromatic rings. The van der Waals surface area contributed by atoms with E-state index in [1.165, 1.54) is 32.8 Å². The van der Waals surface area contributed by atoms with Crippen molar-refractivity contribution in [3.8, 4) is 0 Å². The van der Waals surface area contributed by atoms with Crippen LogP contribution >= 0.6 is 0 Å². The molecule has 6 nitrogen and oxygen atoms in total. The van der Waals surface area contributed by atoms with Crippen LogP contribution in [-0.2, 0) is 9.53 Å². The van der Waals surface area contributed by atoms with Crippen molar-refractivity contribution in [2.75, 3.05) is 33.3 Å². The minimum absolute atomic E-state index is 0.327. The molecule has 22 heavy (non-hydrogen) atoms. The number of hydrogen-bond acceptors (Lipinski definition) is 4. The zero-order valence-corrected chi connectivity index (χ0v) is 14.6. The molecule has 6 heteroatoms. The van der Waals surface area contributed by atoms with Crippen LogP contribution in [0.15, 0.2) is 0 Å². The van der Waals surface area contributed by atoms with Crippen LogP contribution in [0.2, 0.25) is 0 Å². The molecule has 0 aromatic carbocycles. The third-order valence-electron chi connectivity index (χ3n) is 3.49. The lowest BCUT2D eigenvalue weighted by Gasteiger charge is -2.22. The van der Waals surface area contributed by atoms with Gasteiger partial charge in [0.2, 0.25) is 0 Å². The zero-order valence-electron chi connectivity index (χ0n) is 14.6. The molecule has 2 N–H and O–H groups in total. The highest BCUT2D eigenvalue weighted by Crippen LogP contribution is 2.00. The summed E-state index contributed by atoms with van der Waals surface area (Å²) in [5.41, 5.74) is 0. The Hall–Kier alpha value is -1.30. The van der Waals surface area contributed by atoms with Crippen LogP contribution in [0.25, 0.3) is 0 Å². The lowest BCUT2D eigenvalue weighted by atomic mass is 10.2. The summed E-state index contributed by atoms with van der Waals surface area (Å²) in [6.07, 6.45) is 5.75. The van der Waals surface area contributed by atoms with Crippen LogP contribution in [0.4, 0.5) is 4.79 Å². The first-order valence-electron chi connectivity index (χ1n) is 8.39. The number of ether oxygens (including phenoxy) is 1. The van der Waals surface area contributed by atoms with E-state index < -0.39 is 12.0 Å². The van der Waals surface area contributed by atoms with Gasteiger partial charge in [0, 0.05) is 6.54 Å². The highest BCUT2D eigenvalue weighted by molar-refractivity contribution is 5.83. The van der Waals surface area contributed by atoms with Gasteiger partial charge in [-0.05, 0) is 45.8 Å². The molecule has 0 heterocycles. The van der Waals surface area contributed by atoms with Crippen molar-refractivity contribution < 1.29 is 14.3 Å². The van der Waals surface area contributed by atoms with Gasteiger partial charge >= 0.3 is 12.0 Å². The molecule has 0 saturated carbocycles. The standard InChI is InChI=1S/C16H33N3O3/c1-5-7-11-19(12-8-6-2)13-9-10-17-16(21)18-14(3)15(20)22-4/h14H,5-13H2,1-4H3,(H2,17,18,21). The lowest BCUT2D eigenvalue weighted by molar-refractivity contribution is -0.142. The molecular formula is C16H33N3O3. The van der Waals surface area contributed by atoms with Crippen molar-refractivity contribution >= 4 is 12.0 Å². The van der Waals surface area contributed by atoms with Crippen LogP contribution < -0.4 is 10.6 Å². The first kappa shape index (κ1) is 20.7. The summed E-state index contributed by atoms with van der Waals surface area (Å²) in [6, 6.07) is -0.956. The average molecular weight is 315 g/mol. The number of methoxy groups -OCH3 is 1. The highest BCUT2D eigenvalue weighted by Gasteiger charge is 2.15. The van der Waals surface area contributed by atoms with E-state index in [4.69, 9.17) is 0 Å². The van der Waals surface area contributed by atoms with Gasteiger partial charge in [-0.3, -0.25) is 0 Å². The zero-order chi connectivity index (χ0) is 16.8. The molecule has 2 amide bonds. The Kier molecular flexibility index (Phi) is 12.6. The monoisotopic (exact) mass is 315 g/mol. The Morgan fingerprint density at radius 1 is 1.05 bits per heavy atom. The van der Waals surface area contributed by atoms with Gasteiger partial charge in [-0.2, -0.15) is 0 Å². The molecule has 0 bridgehead atoms. The van der Waals surface area contributed by atoms with Crippen LogP contribution in [0.5, 0.6) is 0 Å². The second-order valence-corrected chi connectivity index (χ2v) is 5.55. The number of carbonyl (C=O) groups excluding carboxylic acids is 2. The predicted octanol–water partition coefficient (Wildman–Crippen LogP) is 2.14. The number of hydrogen-bond donors (Lipinski definition) is 2. The van der Waals surface area contributed by atoms with Crippen molar-refractivity contribution in [3.05, 3.63) is 0 Å². The van der Waals surface area contributed by atoms with Crippen LogP contribution in [0.3, 0.4) is 0 Å². The SMILES string of the molecule is CCCCN(CCCC)CCCNC(=O)NC(C)C(=O)OC. The van der Waals surface area contributed by atoms with Gasteiger partial charge in [0.25, 0.3) is 0 Å². The third-order valence-corrected chi connectivity index (χ3v) is 3.49. The van der Waals surface area contributed by atoms with Crippen LogP contribution in [0.1, 0.15) is 52.9 Å². The number of nitrogens with one attached hydrogen (secondary N) is 2. The molecule has 1 atom stereocenters. The maximum Gasteiger partial charge on any atom is 0.328 e. The molecule has 0 aliphatic heterocycles. The van der Waals surface area contributed by atoms with E-state index >= 15 is 0 Å². The Morgan fingerprint density at radius 2 is 1.59 bits per heavy atom. The Balaban J connectivity index is 3.86. The minimum atomic E-state index is -0.629.